The Bertz CT molecular complexity index is 1520. The number of aromatic nitrogens is 5. The zero-order valence-corrected chi connectivity index (χ0v) is 19.8. The number of pyridine rings is 2. The summed E-state index contributed by atoms with van der Waals surface area (Å²) in [7, 11) is 1.42. The van der Waals surface area contributed by atoms with Crippen LogP contribution in [0.15, 0.2) is 40.2 Å². The van der Waals surface area contributed by atoms with Gasteiger partial charge in [0.1, 0.15) is 23.1 Å². The molecule has 0 atom stereocenters. The second-order valence-electron chi connectivity index (χ2n) is 7.93. The summed E-state index contributed by atoms with van der Waals surface area (Å²) in [5, 5.41) is 14.4. The molecule has 0 aliphatic carbocycles. The Kier molecular flexibility index (Phi) is 6.28. The zero-order chi connectivity index (χ0) is 24.7. The molecule has 0 amide bonds. The van der Waals surface area contributed by atoms with Gasteiger partial charge in [0.2, 0.25) is 5.88 Å². The van der Waals surface area contributed by atoms with Crippen molar-refractivity contribution in [3.05, 3.63) is 73.7 Å². The van der Waals surface area contributed by atoms with Gasteiger partial charge in [0.15, 0.2) is 5.82 Å². The van der Waals surface area contributed by atoms with Gasteiger partial charge >= 0.3 is 5.69 Å². The first-order chi connectivity index (χ1) is 16.2. The molecule has 4 rings (SSSR count). The minimum absolute atomic E-state index is 0.0620. The molecule has 34 heavy (non-hydrogen) atoms. The smallest absolute Gasteiger partial charge is 0.350 e. The molecule has 9 nitrogen and oxygen atoms in total. The summed E-state index contributed by atoms with van der Waals surface area (Å²) in [5.74, 6) is -0.590. The third-order valence-corrected chi connectivity index (χ3v) is 6.01. The van der Waals surface area contributed by atoms with Gasteiger partial charge < -0.3 is 9.84 Å². The van der Waals surface area contributed by atoms with Crippen LogP contribution in [0.2, 0.25) is 5.02 Å². The Morgan fingerprint density at radius 2 is 1.94 bits per heavy atom. The third-order valence-electron chi connectivity index (χ3n) is 5.65. The predicted octanol–water partition coefficient (Wildman–Crippen LogP) is 3.17. The highest BCUT2D eigenvalue weighted by molar-refractivity contribution is 6.33. The van der Waals surface area contributed by atoms with E-state index < -0.39 is 23.7 Å². The van der Waals surface area contributed by atoms with Crippen molar-refractivity contribution in [1.82, 2.24) is 23.9 Å². The van der Waals surface area contributed by atoms with Gasteiger partial charge in [-0.1, -0.05) is 25.4 Å². The molecule has 0 saturated heterocycles. The van der Waals surface area contributed by atoms with Gasteiger partial charge in [-0.2, -0.15) is 4.68 Å². The van der Waals surface area contributed by atoms with Crippen LogP contribution in [-0.2, 0) is 13.2 Å². The first kappa shape index (κ1) is 23.7. The van der Waals surface area contributed by atoms with Crippen molar-refractivity contribution in [2.75, 3.05) is 7.11 Å². The summed E-state index contributed by atoms with van der Waals surface area (Å²) in [6, 6.07) is 4.11. The van der Waals surface area contributed by atoms with E-state index in [0.717, 1.165) is 16.3 Å². The summed E-state index contributed by atoms with van der Waals surface area (Å²) in [4.78, 5) is 30.2. The summed E-state index contributed by atoms with van der Waals surface area (Å²) in [6.07, 6.45) is 3.11. The summed E-state index contributed by atoms with van der Waals surface area (Å²) < 4.78 is 24.0. The number of rotatable bonds is 6. The van der Waals surface area contributed by atoms with Crippen molar-refractivity contribution in [3.63, 3.8) is 0 Å². The van der Waals surface area contributed by atoms with Crippen LogP contribution >= 0.6 is 11.6 Å². The lowest BCUT2D eigenvalue weighted by atomic mass is 9.97. The number of methoxy groups -OCH3 is 1. The van der Waals surface area contributed by atoms with Crippen LogP contribution in [0.3, 0.4) is 0 Å². The van der Waals surface area contributed by atoms with E-state index >= 15 is 4.39 Å². The zero-order valence-electron chi connectivity index (χ0n) is 19.0. The molecule has 0 spiro atoms. The minimum atomic E-state index is -0.803. The Morgan fingerprint density at radius 1 is 1.21 bits per heavy atom. The molecular weight excluding hydrogens is 465 g/mol. The quantitative estimate of drug-likeness (QED) is 0.448. The van der Waals surface area contributed by atoms with E-state index in [9.17, 15) is 14.7 Å². The molecule has 4 aromatic rings. The molecule has 0 fully saturated rings. The van der Waals surface area contributed by atoms with Crippen molar-refractivity contribution < 1.29 is 14.2 Å². The van der Waals surface area contributed by atoms with Crippen LogP contribution in [-0.4, -0.2) is 36.1 Å². The maximum Gasteiger partial charge on any atom is 0.350 e. The van der Waals surface area contributed by atoms with Crippen LogP contribution in [0.25, 0.3) is 22.1 Å². The number of nitrogens with zero attached hydrogens (tertiary/aromatic N) is 5. The van der Waals surface area contributed by atoms with Crippen molar-refractivity contribution in [2.24, 2.45) is 0 Å². The molecule has 0 aliphatic rings. The number of ether oxygens (including phenoxy) is 1. The second-order valence-corrected chi connectivity index (χ2v) is 8.31. The van der Waals surface area contributed by atoms with E-state index in [1.54, 1.807) is 19.2 Å². The Balaban J connectivity index is 2.05. The monoisotopic (exact) mass is 487 g/mol. The summed E-state index contributed by atoms with van der Waals surface area (Å²) in [6.45, 7) is 5.39. The van der Waals surface area contributed by atoms with Gasteiger partial charge in [-0.05, 0) is 42.0 Å². The molecule has 3 aromatic heterocycles. The van der Waals surface area contributed by atoms with Crippen LogP contribution in [0.5, 0.6) is 5.88 Å². The molecule has 0 radical (unpaired) electrons. The molecule has 11 heteroatoms. The maximum atomic E-state index is 15.3. The highest BCUT2D eigenvalue weighted by Crippen LogP contribution is 2.31. The number of aliphatic hydroxyl groups is 1. The Morgan fingerprint density at radius 3 is 2.53 bits per heavy atom. The predicted molar refractivity (Wildman–Crippen MR) is 126 cm³/mol. The summed E-state index contributed by atoms with van der Waals surface area (Å²) >= 11 is 6.41. The molecule has 178 valence electrons. The lowest BCUT2D eigenvalue weighted by Gasteiger charge is -2.17. The van der Waals surface area contributed by atoms with E-state index in [1.807, 2.05) is 13.8 Å². The molecule has 0 aliphatic heterocycles. The van der Waals surface area contributed by atoms with Gasteiger partial charge in [-0.3, -0.25) is 13.9 Å². The molecule has 0 bridgehead atoms. The van der Waals surface area contributed by atoms with Gasteiger partial charge in [-0.25, -0.2) is 14.2 Å². The summed E-state index contributed by atoms with van der Waals surface area (Å²) in [5.41, 5.74) is -0.116. The number of fused-ring (bicyclic) bond motifs is 1. The van der Waals surface area contributed by atoms with Gasteiger partial charge in [-0.15, -0.1) is 5.10 Å². The SMILES string of the molecule is CCn1c(CO)nn(-c2cc3c(C(C)C)cn(-c4ccnc(OC)c4Cl)c(=O)c3cc2F)c1=O. The van der Waals surface area contributed by atoms with E-state index in [1.165, 1.54) is 28.5 Å². The number of hydrogen-bond acceptors (Lipinski definition) is 6. The van der Waals surface area contributed by atoms with E-state index in [0.29, 0.717) is 11.1 Å². The minimum Gasteiger partial charge on any atom is -0.480 e. The number of aliphatic hydroxyl groups excluding tert-OH is 1. The van der Waals surface area contributed by atoms with Crippen LogP contribution < -0.4 is 16.0 Å². The van der Waals surface area contributed by atoms with E-state index in [-0.39, 0.29) is 40.3 Å². The molecule has 1 N–H and O–H groups in total. The van der Waals surface area contributed by atoms with Crippen molar-refractivity contribution in [2.45, 2.75) is 39.8 Å². The normalized spacial score (nSPS) is 11.5. The number of halogens is 2. The highest BCUT2D eigenvalue weighted by atomic mass is 35.5. The number of hydrogen-bond donors (Lipinski definition) is 1. The maximum absolute atomic E-state index is 15.3. The second kappa shape index (κ2) is 9.03. The van der Waals surface area contributed by atoms with Crippen LogP contribution in [0.1, 0.15) is 38.1 Å². The van der Waals surface area contributed by atoms with Gasteiger partial charge in [0, 0.05) is 18.9 Å². The Hall–Kier alpha value is -3.50. The molecule has 0 unspecified atom stereocenters. The highest BCUT2D eigenvalue weighted by Gasteiger charge is 2.21. The van der Waals surface area contributed by atoms with Gasteiger partial charge in [0.05, 0.1) is 18.2 Å². The largest absolute Gasteiger partial charge is 0.480 e. The lowest BCUT2D eigenvalue weighted by molar-refractivity contribution is 0.264. The fraction of sp³-hybridized carbons (Fsp3) is 0.304. The van der Waals surface area contributed by atoms with Gasteiger partial charge in [0.25, 0.3) is 5.56 Å². The topological polar surface area (TPSA) is 104 Å². The first-order valence-electron chi connectivity index (χ1n) is 10.6. The molecule has 1 aromatic carbocycles. The Labute approximate surface area is 198 Å². The molecular formula is C23H23ClFN5O4. The average molecular weight is 488 g/mol. The third kappa shape index (κ3) is 3.68. The lowest BCUT2D eigenvalue weighted by Crippen LogP contribution is -2.25. The van der Waals surface area contributed by atoms with E-state index in [4.69, 9.17) is 16.3 Å². The molecule has 3 heterocycles. The van der Waals surface area contributed by atoms with Crippen molar-refractivity contribution >= 4 is 22.4 Å². The average Bonchev–Trinajstić information content (AvgIpc) is 3.14. The standard InChI is InChI=1S/C23H23ClFN5O4/c1-5-28-19(11-31)27-30(23(28)33)18-9-13-14(8-16(18)25)22(32)29(10-15(13)12(2)3)17-6-7-26-21(34-4)20(17)24/h6-10,12,31H,5,11H2,1-4H3. The first-order valence-corrected chi connectivity index (χ1v) is 11.0. The van der Waals surface area contributed by atoms with Crippen molar-refractivity contribution in [1.29, 1.82) is 0 Å². The van der Waals surface area contributed by atoms with Crippen LogP contribution in [0, 0.1) is 5.82 Å². The fourth-order valence-corrected chi connectivity index (χ4v) is 4.23. The van der Waals surface area contributed by atoms with E-state index in [2.05, 4.69) is 10.1 Å². The fourth-order valence-electron chi connectivity index (χ4n) is 3.95. The van der Waals surface area contributed by atoms with Crippen molar-refractivity contribution in [3.8, 4) is 17.3 Å². The molecule has 0 saturated carbocycles. The number of benzene rings is 1. The van der Waals surface area contributed by atoms with Crippen LogP contribution in [0.4, 0.5) is 4.39 Å².